The molecular weight excluding hydrogens is 421 g/mol. The number of aromatic nitrogens is 4. The quantitative estimate of drug-likeness (QED) is 0.396. The molecule has 0 aliphatic carbocycles. The minimum atomic E-state index is -0.585. The van der Waals surface area contributed by atoms with Gasteiger partial charge in [0.2, 0.25) is 0 Å². The molecule has 8 nitrogen and oxygen atoms in total. The summed E-state index contributed by atoms with van der Waals surface area (Å²) in [5.74, 6) is -0.0550. The number of nitrogens with one attached hydrogen (secondary N) is 2. The van der Waals surface area contributed by atoms with Crippen LogP contribution in [0.4, 0.5) is 16.0 Å². The number of nitrogens with zero attached hydrogens (tertiary/aromatic N) is 4. The van der Waals surface area contributed by atoms with E-state index in [1.807, 2.05) is 18.2 Å². The number of nitrogen functional groups attached to an aromatic ring is 1. The average molecular weight is 446 g/mol. The highest BCUT2D eigenvalue weighted by Gasteiger charge is 2.15. The van der Waals surface area contributed by atoms with Gasteiger partial charge in [-0.05, 0) is 30.0 Å². The number of nitrogens with two attached hydrogens (primary N) is 1. The van der Waals surface area contributed by atoms with Crippen molar-refractivity contribution in [2.24, 2.45) is 0 Å². The number of pyridine rings is 2. The van der Waals surface area contributed by atoms with E-state index in [1.54, 1.807) is 25.4 Å². The van der Waals surface area contributed by atoms with E-state index in [2.05, 4.69) is 37.5 Å². The summed E-state index contributed by atoms with van der Waals surface area (Å²) in [6.07, 6.45) is 5.37. The summed E-state index contributed by atoms with van der Waals surface area (Å²) in [5.41, 5.74) is 9.03. The first-order valence-electron chi connectivity index (χ1n) is 10.5. The van der Waals surface area contributed by atoms with Gasteiger partial charge in [0.25, 0.3) is 5.91 Å². The zero-order chi connectivity index (χ0) is 23.4. The molecule has 4 N–H and O–H groups in total. The number of halogens is 1. The molecule has 0 spiro atoms. The third-order valence-electron chi connectivity index (χ3n) is 5.52. The van der Waals surface area contributed by atoms with Crippen molar-refractivity contribution in [3.05, 3.63) is 72.1 Å². The van der Waals surface area contributed by atoms with E-state index in [0.29, 0.717) is 29.2 Å². The van der Waals surface area contributed by atoms with Crippen LogP contribution >= 0.6 is 0 Å². The van der Waals surface area contributed by atoms with Gasteiger partial charge in [0, 0.05) is 43.0 Å². The average Bonchev–Trinajstić information content (AvgIpc) is 2.84. The lowest BCUT2D eigenvalue weighted by Crippen LogP contribution is -2.18. The fraction of sp³-hybridized carbons (Fsp3) is 0.208. The number of hydrogen-bond acceptors (Lipinski definition) is 7. The molecule has 4 rings (SSSR count). The Morgan fingerprint density at radius 2 is 2.00 bits per heavy atom. The molecule has 0 aliphatic heterocycles. The Kier molecular flexibility index (Phi) is 6.39. The van der Waals surface area contributed by atoms with Crippen LogP contribution in [0.3, 0.4) is 0 Å². The third-order valence-corrected chi connectivity index (χ3v) is 5.52. The topological polar surface area (TPSA) is 119 Å². The number of fused-ring (bicyclic) bond motifs is 1. The van der Waals surface area contributed by atoms with Crippen molar-refractivity contribution in [3.63, 3.8) is 0 Å². The second kappa shape index (κ2) is 9.56. The molecule has 1 unspecified atom stereocenters. The second-order valence-electron chi connectivity index (χ2n) is 7.68. The molecule has 33 heavy (non-hydrogen) atoms. The minimum absolute atomic E-state index is 0.135. The highest BCUT2D eigenvalue weighted by Crippen LogP contribution is 2.28. The van der Waals surface area contributed by atoms with Crippen LogP contribution in [0.2, 0.25) is 0 Å². The Morgan fingerprint density at radius 1 is 1.15 bits per heavy atom. The van der Waals surface area contributed by atoms with Crippen molar-refractivity contribution in [1.29, 1.82) is 0 Å². The van der Waals surface area contributed by atoms with Crippen molar-refractivity contribution in [2.75, 3.05) is 24.6 Å². The summed E-state index contributed by atoms with van der Waals surface area (Å²) in [5, 5.41) is 6.80. The van der Waals surface area contributed by atoms with Gasteiger partial charge in [-0.15, -0.1) is 0 Å². The molecule has 3 heterocycles. The second-order valence-corrected chi connectivity index (χ2v) is 7.68. The standard InChI is InChI=1S/C24H24FN7O/c1-14(16-4-3-5-17-18(24(33)27-2)7-9-29-22(16)17)6-8-28-21-11-20(31-13-32-21)15-10-19(25)23(26)30-12-15/h3-5,7,9-14H,6,8H2,1-2H3,(H2,26,30)(H,27,33)(H,28,31,32). The number of amides is 1. The number of rotatable bonds is 7. The van der Waals surface area contributed by atoms with E-state index in [-0.39, 0.29) is 17.6 Å². The smallest absolute Gasteiger partial charge is 0.251 e. The molecule has 1 aromatic carbocycles. The van der Waals surface area contributed by atoms with E-state index < -0.39 is 5.82 Å². The number of carbonyl (C=O) groups is 1. The fourth-order valence-electron chi connectivity index (χ4n) is 3.70. The van der Waals surface area contributed by atoms with Crippen molar-refractivity contribution in [1.82, 2.24) is 25.3 Å². The first kappa shape index (κ1) is 22.1. The Hall–Kier alpha value is -4.14. The Labute approximate surface area is 190 Å². The lowest BCUT2D eigenvalue weighted by Gasteiger charge is -2.16. The number of hydrogen-bond donors (Lipinski definition) is 3. The normalized spacial score (nSPS) is 11.8. The van der Waals surface area contributed by atoms with Crippen LogP contribution in [0, 0.1) is 5.82 Å². The number of carbonyl (C=O) groups excluding carboxylic acids is 1. The molecule has 0 fully saturated rings. The number of anilines is 2. The fourth-order valence-corrected chi connectivity index (χ4v) is 3.70. The predicted molar refractivity (Wildman–Crippen MR) is 126 cm³/mol. The summed E-state index contributed by atoms with van der Waals surface area (Å²) in [6, 6.07) is 10.7. The molecule has 4 aromatic rings. The van der Waals surface area contributed by atoms with Crippen molar-refractivity contribution < 1.29 is 9.18 Å². The maximum absolute atomic E-state index is 13.7. The molecular formula is C24H24FN7O. The van der Waals surface area contributed by atoms with Crippen LogP contribution in [0.15, 0.2) is 55.1 Å². The molecule has 0 saturated carbocycles. The molecule has 1 amide bonds. The van der Waals surface area contributed by atoms with Crippen LogP contribution in [-0.4, -0.2) is 39.4 Å². The molecule has 0 aliphatic rings. The van der Waals surface area contributed by atoms with Crippen LogP contribution in [0.5, 0.6) is 0 Å². The highest BCUT2D eigenvalue weighted by atomic mass is 19.1. The molecule has 0 bridgehead atoms. The maximum atomic E-state index is 13.7. The summed E-state index contributed by atoms with van der Waals surface area (Å²) in [6.45, 7) is 2.77. The highest BCUT2D eigenvalue weighted by molar-refractivity contribution is 6.06. The summed E-state index contributed by atoms with van der Waals surface area (Å²) in [7, 11) is 1.62. The van der Waals surface area contributed by atoms with Crippen LogP contribution in [-0.2, 0) is 0 Å². The van der Waals surface area contributed by atoms with Gasteiger partial charge in [-0.25, -0.2) is 19.3 Å². The zero-order valence-corrected chi connectivity index (χ0v) is 18.3. The molecule has 3 aromatic heterocycles. The first-order valence-corrected chi connectivity index (χ1v) is 10.5. The summed E-state index contributed by atoms with van der Waals surface area (Å²) < 4.78 is 13.7. The monoisotopic (exact) mass is 445 g/mol. The van der Waals surface area contributed by atoms with Crippen LogP contribution in [0.1, 0.15) is 35.2 Å². The summed E-state index contributed by atoms with van der Waals surface area (Å²) >= 11 is 0. The SMILES string of the molecule is CNC(=O)c1ccnc2c(C(C)CCNc3cc(-c4cnc(N)c(F)c4)ncn3)cccc12. The molecule has 1 atom stereocenters. The minimum Gasteiger partial charge on any atom is -0.381 e. The van der Waals surface area contributed by atoms with Crippen molar-refractivity contribution >= 4 is 28.4 Å². The first-order chi connectivity index (χ1) is 16.0. The molecule has 0 saturated heterocycles. The van der Waals surface area contributed by atoms with Gasteiger partial charge in [-0.1, -0.05) is 25.1 Å². The molecule has 0 radical (unpaired) electrons. The third kappa shape index (κ3) is 4.72. The molecule has 9 heteroatoms. The van der Waals surface area contributed by atoms with Gasteiger partial charge >= 0.3 is 0 Å². The molecule has 168 valence electrons. The van der Waals surface area contributed by atoms with E-state index in [4.69, 9.17) is 5.73 Å². The Bertz CT molecular complexity index is 1310. The van der Waals surface area contributed by atoms with Gasteiger partial charge in [0.05, 0.1) is 16.8 Å². The van der Waals surface area contributed by atoms with Gasteiger partial charge < -0.3 is 16.4 Å². The van der Waals surface area contributed by atoms with Crippen molar-refractivity contribution in [3.8, 4) is 11.3 Å². The van der Waals surface area contributed by atoms with Crippen molar-refractivity contribution in [2.45, 2.75) is 19.3 Å². The van der Waals surface area contributed by atoms with Gasteiger partial charge in [0.1, 0.15) is 12.1 Å². The Balaban J connectivity index is 1.47. The predicted octanol–water partition coefficient (Wildman–Crippen LogP) is 3.77. The van der Waals surface area contributed by atoms with Crippen LogP contribution in [0.25, 0.3) is 22.2 Å². The summed E-state index contributed by atoms with van der Waals surface area (Å²) in [4.78, 5) is 29.0. The lowest BCUT2D eigenvalue weighted by atomic mass is 9.94. The van der Waals surface area contributed by atoms with Gasteiger partial charge in [-0.3, -0.25) is 9.78 Å². The van der Waals surface area contributed by atoms with Crippen LogP contribution < -0.4 is 16.4 Å². The number of para-hydroxylation sites is 1. The Morgan fingerprint density at radius 3 is 2.79 bits per heavy atom. The van der Waals surface area contributed by atoms with E-state index in [1.165, 1.54) is 18.6 Å². The maximum Gasteiger partial charge on any atom is 0.251 e. The number of benzene rings is 1. The van der Waals surface area contributed by atoms with Gasteiger partial charge in [-0.2, -0.15) is 0 Å². The zero-order valence-electron chi connectivity index (χ0n) is 18.3. The lowest BCUT2D eigenvalue weighted by molar-refractivity contribution is 0.0964. The van der Waals surface area contributed by atoms with E-state index in [0.717, 1.165) is 22.9 Å². The largest absolute Gasteiger partial charge is 0.381 e. The van der Waals surface area contributed by atoms with Gasteiger partial charge in [0.15, 0.2) is 11.6 Å². The van der Waals surface area contributed by atoms with E-state index in [9.17, 15) is 9.18 Å². The van der Waals surface area contributed by atoms with E-state index >= 15 is 0 Å².